The van der Waals surface area contributed by atoms with Gasteiger partial charge in [0.25, 0.3) is 11.1 Å². The molecule has 0 radical (unpaired) electrons. The van der Waals surface area contributed by atoms with Gasteiger partial charge in [-0.05, 0) is 54.2 Å². The van der Waals surface area contributed by atoms with Crippen molar-refractivity contribution in [2.75, 3.05) is 19.1 Å². The maximum absolute atomic E-state index is 12.6. The number of thioether (sulfide) groups is 1. The fourth-order valence-electron chi connectivity index (χ4n) is 2.37. The summed E-state index contributed by atoms with van der Waals surface area (Å²) >= 11 is 0.854. The summed E-state index contributed by atoms with van der Waals surface area (Å²) in [6.07, 6.45) is 1.61. The molecule has 0 spiro atoms. The first-order chi connectivity index (χ1) is 12.0. The molecule has 6 nitrogen and oxygen atoms in total. The molecule has 0 saturated carbocycles. The highest BCUT2D eigenvalue weighted by Crippen LogP contribution is 2.37. The first kappa shape index (κ1) is 16.9. The Morgan fingerprint density at radius 1 is 1.04 bits per heavy atom. The van der Waals surface area contributed by atoms with Gasteiger partial charge in [-0.15, -0.1) is 0 Å². The molecule has 0 atom stereocenters. The molecule has 2 amide bonds. The van der Waals surface area contributed by atoms with Crippen molar-refractivity contribution in [3.05, 3.63) is 52.9 Å². The van der Waals surface area contributed by atoms with Gasteiger partial charge in [0, 0.05) is 11.6 Å². The summed E-state index contributed by atoms with van der Waals surface area (Å²) < 4.78 is 10.5. The number of nitrogens with zero attached hydrogens (tertiary/aromatic N) is 1. The molecular weight excluding hydrogens is 342 g/mol. The molecule has 1 aliphatic rings. The van der Waals surface area contributed by atoms with E-state index in [0.29, 0.717) is 27.7 Å². The van der Waals surface area contributed by atoms with Crippen molar-refractivity contribution in [1.29, 1.82) is 0 Å². The Kier molecular flexibility index (Phi) is 4.67. The van der Waals surface area contributed by atoms with E-state index in [0.717, 1.165) is 16.7 Å². The molecule has 0 bridgehead atoms. The second-order valence-electron chi connectivity index (χ2n) is 5.14. The van der Waals surface area contributed by atoms with E-state index in [1.54, 1.807) is 31.4 Å². The van der Waals surface area contributed by atoms with Crippen molar-refractivity contribution >= 4 is 34.7 Å². The van der Waals surface area contributed by atoms with Gasteiger partial charge in [-0.1, -0.05) is 0 Å². The zero-order valence-corrected chi connectivity index (χ0v) is 14.4. The number of ether oxygens (including phenoxy) is 2. The summed E-state index contributed by atoms with van der Waals surface area (Å²) in [4.78, 5) is 26.2. The molecule has 2 aromatic rings. The number of phenols is 1. The molecule has 1 N–H and O–H groups in total. The molecule has 0 aliphatic carbocycles. The Bertz CT molecular complexity index is 860. The number of benzene rings is 2. The van der Waals surface area contributed by atoms with E-state index in [1.165, 1.54) is 31.4 Å². The van der Waals surface area contributed by atoms with E-state index < -0.39 is 11.1 Å². The summed E-state index contributed by atoms with van der Waals surface area (Å²) in [5.41, 5.74) is 1.07. The Morgan fingerprint density at radius 3 is 2.40 bits per heavy atom. The maximum atomic E-state index is 12.6. The van der Waals surface area contributed by atoms with Crippen molar-refractivity contribution < 1.29 is 24.2 Å². The fourth-order valence-corrected chi connectivity index (χ4v) is 3.20. The van der Waals surface area contributed by atoms with Crippen molar-refractivity contribution in [3.63, 3.8) is 0 Å². The molecule has 0 unspecified atom stereocenters. The second-order valence-corrected chi connectivity index (χ2v) is 6.13. The minimum absolute atomic E-state index is 0.0641. The van der Waals surface area contributed by atoms with Crippen LogP contribution in [0.25, 0.3) is 6.08 Å². The third-order valence-corrected chi connectivity index (χ3v) is 4.50. The number of carbonyl (C=O) groups excluding carboxylic acids is 2. The highest BCUT2D eigenvalue weighted by molar-refractivity contribution is 8.19. The maximum Gasteiger partial charge on any atom is 0.298 e. The van der Waals surface area contributed by atoms with E-state index in [2.05, 4.69) is 0 Å². The van der Waals surface area contributed by atoms with Crippen molar-refractivity contribution in [2.45, 2.75) is 0 Å². The summed E-state index contributed by atoms with van der Waals surface area (Å²) in [7, 11) is 3.08. The number of amides is 2. The van der Waals surface area contributed by atoms with Crippen LogP contribution in [0.3, 0.4) is 0 Å². The minimum atomic E-state index is -0.418. The van der Waals surface area contributed by atoms with E-state index in [1.807, 2.05) is 0 Å². The molecule has 128 valence electrons. The van der Waals surface area contributed by atoms with Crippen LogP contribution < -0.4 is 14.4 Å². The summed E-state index contributed by atoms with van der Waals surface area (Å²) in [6, 6.07) is 11.1. The van der Waals surface area contributed by atoms with Crippen LogP contribution in [0.5, 0.6) is 17.2 Å². The number of hydrogen-bond donors (Lipinski definition) is 1. The zero-order valence-electron chi connectivity index (χ0n) is 13.6. The Labute approximate surface area is 148 Å². The van der Waals surface area contributed by atoms with Gasteiger partial charge in [-0.3, -0.25) is 9.59 Å². The zero-order chi connectivity index (χ0) is 18.0. The van der Waals surface area contributed by atoms with Crippen LogP contribution in [0.1, 0.15) is 5.56 Å². The lowest BCUT2D eigenvalue weighted by Gasteiger charge is -2.12. The van der Waals surface area contributed by atoms with Crippen molar-refractivity contribution in [3.8, 4) is 17.2 Å². The van der Waals surface area contributed by atoms with E-state index >= 15 is 0 Å². The number of anilines is 1. The first-order valence-electron chi connectivity index (χ1n) is 7.32. The number of hydrogen-bond acceptors (Lipinski definition) is 6. The molecule has 1 heterocycles. The molecule has 25 heavy (non-hydrogen) atoms. The lowest BCUT2D eigenvalue weighted by atomic mass is 10.1. The molecule has 1 fully saturated rings. The van der Waals surface area contributed by atoms with Gasteiger partial charge in [-0.2, -0.15) is 0 Å². The van der Waals surface area contributed by atoms with Gasteiger partial charge in [0.1, 0.15) is 17.2 Å². The number of imide groups is 1. The standard InChI is InChI=1S/C18H15NO5S/c1-23-14-8-3-11(15(10-14)24-2)9-16-17(21)19(18(22)25-16)12-4-6-13(20)7-5-12/h3-10,20H,1-2H3/b16-9-. The molecule has 0 aromatic heterocycles. The van der Waals surface area contributed by atoms with Gasteiger partial charge in [0.05, 0.1) is 24.8 Å². The smallest absolute Gasteiger partial charge is 0.298 e. The van der Waals surface area contributed by atoms with Crippen LogP contribution in [-0.4, -0.2) is 30.5 Å². The van der Waals surface area contributed by atoms with Gasteiger partial charge >= 0.3 is 0 Å². The number of phenolic OH excluding ortho intramolecular Hbond substituents is 1. The minimum Gasteiger partial charge on any atom is -0.508 e. The predicted octanol–water partition coefficient (Wildman–Crippen LogP) is 3.65. The van der Waals surface area contributed by atoms with Crippen LogP contribution in [0.2, 0.25) is 0 Å². The molecular formula is C18H15NO5S. The molecule has 3 rings (SSSR count). The lowest BCUT2D eigenvalue weighted by molar-refractivity contribution is -0.113. The van der Waals surface area contributed by atoms with E-state index in [4.69, 9.17) is 9.47 Å². The van der Waals surface area contributed by atoms with Gasteiger partial charge in [0.2, 0.25) is 0 Å². The normalized spacial score (nSPS) is 15.8. The van der Waals surface area contributed by atoms with Crippen LogP contribution in [0, 0.1) is 0 Å². The second kappa shape index (κ2) is 6.90. The summed E-state index contributed by atoms with van der Waals surface area (Å²) in [5, 5.41) is 8.96. The number of aromatic hydroxyl groups is 1. The number of carbonyl (C=O) groups is 2. The van der Waals surface area contributed by atoms with Gasteiger partial charge in [0.15, 0.2) is 0 Å². The van der Waals surface area contributed by atoms with Crippen LogP contribution in [0.15, 0.2) is 47.4 Å². The average molecular weight is 357 g/mol. The quantitative estimate of drug-likeness (QED) is 0.842. The molecule has 1 saturated heterocycles. The van der Waals surface area contributed by atoms with Gasteiger partial charge in [-0.25, -0.2) is 4.90 Å². The fraction of sp³-hybridized carbons (Fsp3) is 0.111. The topological polar surface area (TPSA) is 76.1 Å². The van der Waals surface area contributed by atoms with Crippen LogP contribution >= 0.6 is 11.8 Å². The SMILES string of the molecule is COc1ccc(/C=C2\SC(=O)N(c3ccc(O)cc3)C2=O)c(OC)c1. The van der Waals surface area contributed by atoms with Crippen molar-refractivity contribution in [2.24, 2.45) is 0 Å². The third kappa shape index (κ3) is 3.32. The Hall–Kier alpha value is -2.93. The Morgan fingerprint density at radius 2 is 1.76 bits per heavy atom. The lowest BCUT2D eigenvalue weighted by Crippen LogP contribution is -2.27. The highest BCUT2D eigenvalue weighted by atomic mass is 32.2. The first-order valence-corrected chi connectivity index (χ1v) is 8.14. The average Bonchev–Trinajstić information content (AvgIpc) is 2.90. The van der Waals surface area contributed by atoms with E-state index in [-0.39, 0.29) is 5.75 Å². The predicted molar refractivity (Wildman–Crippen MR) is 96.1 cm³/mol. The highest BCUT2D eigenvalue weighted by Gasteiger charge is 2.36. The molecule has 2 aromatic carbocycles. The van der Waals surface area contributed by atoms with Crippen molar-refractivity contribution in [1.82, 2.24) is 0 Å². The largest absolute Gasteiger partial charge is 0.508 e. The monoisotopic (exact) mass is 357 g/mol. The van der Waals surface area contributed by atoms with Crippen LogP contribution in [-0.2, 0) is 4.79 Å². The van der Waals surface area contributed by atoms with Gasteiger partial charge < -0.3 is 14.6 Å². The number of methoxy groups -OCH3 is 2. The summed E-state index contributed by atoms with van der Waals surface area (Å²) in [5.74, 6) is 0.815. The van der Waals surface area contributed by atoms with E-state index in [9.17, 15) is 14.7 Å². The Balaban J connectivity index is 1.94. The number of rotatable bonds is 4. The summed E-state index contributed by atoms with van der Waals surface area (Å²) in [6.45, 7) is 0. The van der Waals surface area contributed by atoms with Crippen LogP contribution in [0.4, 0.5) is 10.5 Å². The third-order valence-electron chi connectivity index (χ3n) is 3.63. The molecule has 7 heteroatoms. The molecule has 1 aliphatic heterocycles.